The number of ether oxygens (including phenoxy) is 1. The highest BCUT2D eigenvalue weighted by molar-refractivity contribution is 7.89. The van der Waals surface area contributed by atoms with Gasteiger partial charge >= 0.3 is 5.97 Å². The molecule has 132 valence electrons. The summed E-state index contributed by atoms with van der Waals surface area (Å²) >= 11 is 5.20. The molecule has 0 atom stereocenters. The quantitative estimate of drug-likeness (QED) is 0.540. The van der Waals surface area contributed by atoms with Crippen LogP contribution in [0.3, 0.4) is 0 Å². The van der Waals surface area contributed by atoms with Gasteiger partial charge in [-0.25, -0.2) is 18.4 Å². The molecule has 7 nitrogen and oxygen atoms in total. The molecule has 0 heterocycles. The second-order valence-electron chi connectivity index (χ2n) is 4.95. The van der Waals surface area contributed by atoms with Crippen LogP contribution in [0, 0.1) is 0 Å². The Hall–Kier alpha value is -2.49. The Labute approximate surface area is 151 Å². The molecule has 0 saturated heterocycles. The normalized spacial score (nSPS) is 10.8. The number of hydrogen-bond donors (Lipinski definition) is 3. The lowest BCUT2D eigenvalue weighted by Gasteiger charge is -2.11. The molecule has 0 fully saturated rings. The van der Waals surface area contributed by atoms with E-state index in [0.29, 0.717) is 23.5 Å². The zero-order valence-corrected chi connectivity index (χ0v) is 15.0. The van der Waals surface area contributed by atoms with Gasteiger partial charge < -0.3 is 15.4 Å². The van der Waals surface area contributed by atoms with Crippen LogP contribution in [0.5, 0.6) is 0 Å². The summed E-state index contributed by atoms with van der Waals surface area (Å²) in [5, 5.41) is 11.2. The van der Waals surface area contributed by atoms with Gasteiger partial charge in [-0.2, -0.15) is 0 Å². The van der Waals surface area contributed by atoms with Gasteiger partial charge in [0.1, 0.15) is 0 Å². The number of primary sulfonamides is 1. The number of benzene rings is 2. The van der Waals surface area contributed by atoms with Crippen LogP contribution in [-0.4, -0.2) is 26.1 Å². The summed E-state index contributed by atoms with van der Waals surface area (Å²) in [6.07, 6.45) is 0. The first-order valence-electron chi connectivity index (χ1n) is 7.27. The van der Waals surface area contributed by atoms with Crippen LogP contribution in [0.15, 0.2) is 53.4 Å². The molecule has 0 bridgehead atoms. The van der Waals surface area contributed by atoms with Crippen molar-refractivity contribution >= 4 is 44.7 Å². The summed E-state index contributed by atoms with van der Waals surface area (Å²) in [6, 6.07) is 12.6. The van der Waals surface area contributed by atoms with E-state index in [9.17, 15) is 13.2 Å². The number of thiocarbonyl (C=S) groups is 1. The van der Waals surface area contributed by atoms with Crippen LogP contribution in [0.1, 0.15) is 17.3 Å². The Morgan fingerprint density at radius 2 is 1.76 bits per heavy atom. The molecule has 9 heteroatoms. The third-order valence-electron chi connectivity index (χ3n) is 3.07. The summed E-state index contributed by atoms with van der Waals surface area (Å²) < 4.78 is 27.4. The van der Waals surface area contributed by atoms with Crippen molar-refractivity contribution in [3.05, 3.63) is 54.1 Å². The first kappa shape index (κ1) is 18.8. The van der Waals surface area contributed by atoms with Gasteiger partial charge in [0.15, 0.2) is 5.11 Å². The van der Waals surface area contributed by atoms with Gasteiger partial charge in [0.25, 0.3) is 0 Å². The lowest BCUT2D eigenvalue weighted by Crippen LogP contribution is -2.19. The maximum absolute atomic E-state index is 11.7. The molecule has 0 aliphatic carbocycles. The average Bonchev–Trinajstić information content (AvgIpc) is 2.55. The summed E-state index contributed by atoms with van der Waals surface area (Å²) in [6.45, 7) is 2.03. The van der Waals surface area contributed by atoms with Crippen LogP contribution < -0.4 is 15.8 Å². The molecule has 0 unspecified atom stereocenters. The van der Waals surface area contributed by atoms with Crippen molar-refractivity contribution in [2.75, 3.05) is 17.2 Å². The average molecular weight is 379 g/mol. The predicted octanol–water partition coefficient (Wildman–Crippen LogP) is 2.32. The van der Waals surface area contributed by atoms with Crippen LogP contribution in [0.2, 0.25) is 0 Å². The van der Waals surface area contributed by atoms with Gasteiger partial charge in [0.05, 0.1) is 17.1 Å². The van der Waals surface area contributed by atoms with E-state index in [2.05, 4.69) is 10.6 Å². The molecule has 0 aliphatic rings. The van der Waals surface area contributed by atoms with Crippen molar-refractivity contribution in [2.24, 2.45) is 5.14 Å². The topological polar surface area (TPSA) is 111 Å². The van der Waals surface area contributed by atoms with Crippen molar-refractivity contribution in [2.45, 2.75) is 11.8 Å². The highest BCUT2D eigenvalue weighted by Gasteiger charge is 2.09. The Balaban J connectivity index is 2.03. The van der Waals surface area contributed by atoms with Gasteiger partial charge in [0, 0.05) is 11.4 Å². The van der Waals surface area contributed by atoms with Crippen molar-refractivity contribution in [3.8, 4) is 0 Å². The van der Waals surface area contributed by atoms with E-state index in [0.717, 1.165) is 0 Å². The van der Waals surface area contributed by atoms with Crippen molar-refractivity contribution in [3.63, 3.8) is 0 Å². The maximum Gasteiger partial charge on any atom is 0.338 e. The van der Waals surface area contributed by atoms with E-state index in [1.807, 2.05) is 0 Å². The summed E-state index contributed by atoms with van der Waals surface area (Å²) in [5.41, 5.74) is 1.61. The Kier molecular flexibility index (Phi) is 6.07. The molecule has 0 aliphatic heterocycles. The van der Waals surface area contributed by atoms with E-state index < -0.39 is 16.0 Å². The van der Waals surface area contributed by atoms with E-state index in [1.165, 1.54) is 12.1 Å². The number of nitrogens with one attached hydrogen (secondary N) is 2. The number of carbonyl (C=O) groups excluding carboxylic acids is 1. The second-order valence-corrected chi connectivity index (χ2v) is 6.92. The van der Waals surface area contributed by atoms with Gasteiger partial charge in [-0.05, 0) is 61.6 Å². The first-order valence-corrected chi connectivity index (χ1v) is 9.23. The molecule has 2 aromatic carbocycles. The predicted molar refractivity (Wildman–Crippen MR) is 100 cm³/mol. The van der Waals surface area contributed by atoms with Gasteiger partial charge in [-0.3, -0.25) is 0 Å². The number of sulfonamides is 1. The van der Waals surface area contributed by atoms with Crippen molar-refractivity contribution in [1.29, 1.82) is 0 Å². The third-order valence-corrected chi connectivity index (χ3v) is 4.21. The molecule has 2 rings (SSSR count). The van der Waals surface area contributed by atoms with Gasteiger partial charge in [-0.15, -0.1) is 0 Å². The molecular formula is C16H17N3O4S2. The standard InChI is InChI=1S/C16H17N3O4S2/c1-2-23-15(20)11-4-3-5-13(10-11)19-16(24)18-12-6-8-14(9-7-12)25(17,21)22/h3-10H,2H2,1H3,(H2,17,21,22)(H2,18,19,24). The number of rotatable bonds is 5. The monoisotopic (exact) mass is 379 g/mol. The number of esters is 1. The third kappa shape index (κ3) is 5.52. The smallest absolute Gasteiger partial charge is 0.338 e. The Morgan fingerprint density at radius 1 is 1.12 bits per heavy atom. The van der Waals surface area contributed by atoms with Gasteiger partial charge in [-0.1, -0.05) is 6.07 Å². The number of nitrogens with two attached hydrogens (primary N) is 1. The highest BCUT2D eigenvalue weighted by Crippen LogP contribution is 2.15. The van der Waals surface area contributed by atoms with Crippen molar-refractivity contribution < 1.29 is 17.9 Å². The number of hydrogen-bond acceptors (Lipinski definition) is 5. The molecule has 0 saturated carbocycles. The molecule has 25 heavy (non-hydrogen) atoms. The zero-order valence-electron chi connectivity index (χ0n) is 13.4. The fourth-order valence-corrected chi connectivity index (χ4v) is 2.71. The Morgan fingerprint density at radius 3 is 2.36 bits per heavy atom. The number of carbonyl (C=O) groups is 1. The van der Waals surface area contributed by atoms with Crippen LogP contribution >= 0.6 is 12.2 Å². The maximum atomic E-state index is 11.7. The minimum Gasteiger partial charge on any atom is -0.462 e. The van der Waals surface area contributed by atoms with Crippen LogP contribution in [0.25, 0.3) is 0 Å². The Bertz CT molecular complexity index is 881. The minimum absolute atomic E-state index is 0.0130. The molecule has 0 spiro atoms. The minimum atomic E-state index is -3.73. The molecule has 0 amide bonds. The number of anilines is 2. The molecule has 4 N–H and O–H groups in total. The molecule has 2 aromatic rings. The fraction of sp³-hybridized carbons (Fsp3) is 0.125. The SMILES string of the molecule is CCOC(=O)c1cccc(NC(=S)Nc2ccc(S(N)(=O)=O)cc2)c1. The highest BCUT2D eigenvalue weighted by atomic mass is 32.2. The van der Waals surface area contributed by atoms with E-state index >= 15 is 0 Å². The second kappa shape index (κ2) is 8.06. The van der Waals surface area contributed by atoms with E-state index in [1.54, 1.807) is 43.3 Å². The van der Waals surface area contributed by atoms with E-state index in [4.69, 9.17) is 22.1 Å². The molecule has 0 aromatic heterocycles. The van der Waals surface area contributed by atoms with E-state index in [-0.39, 0.29) is 10.0 Å². The van der Waals surface area contributed by atoms with Crippen LogP contribution in [0.4, 0.5) is 11.4 Å². The lowest BCUT2D eigenvalue weighted by molar-refractivity contribution is 0.0526. The van der Waals surface area contributed by atoms with Gasteiger partial charge in [0.2, 0.25) is 10.0 Å². The van der Waals surface area contributed by atoms with Crippen molar-refractivity contribution in [1.82, 2.24) is 0 Å². The molecular weight excluding hydrogens is 362 g/mol. The van der Waals surface area contributed by atoms with Crippen LogP contribution in [-0.2, 0) is 14.8 Å². The largest absolute Gasteiger partial charge is 0.462 e. The molecule has 0 radical (unpaired) electrons. The first-order chi connectivity index (χ1) is 11.8. The lowest BCUT2D eigenvalue weighted by atomic mass is 10.2. The zero-order chi connectivity index (χ0) is 18.4. The summed E-state index contributed by atoms with van der Waals surface area (Å²) in [7, 11) is -3.73. The summed E-state index contributed by atoms with van der Waals surface area (Å²) in [4.78, 5) is 11.7. The summed E-state index contributed by atoms with van der Waals surface area (Å²) in [5.74, 6) is -0.413. The fourth-order valence-electron chi connectivity index (χ4n) is 1.96.